The van der Waals surface area contributed by atoms with Crippen molar-refractivity contribution in [3.63, 3.8) is 0 Å². The summed E-state index contributed by atoms with van der Waals surface area (Å²) < 4.78 is 12.7. The molecule has 2 rings (SSSR count). The van der Waals surface area contributed by atoms with E-state index in [2.05, 4.69) is 0 Å². The number of rotatable bonds is 1. The first-order chi connectivity index (χ1) is 5.79. The molecule has 0 radical (unpaired) electrons. The van der Waals surface area contributed by atoms with E-state index in [4.69, 9.17) is 0 Å². The Kier molecular flexibility index (Phi) is 1.57. The number of halogens is 1. The summed E-state index contributed by atoms with van der Waals surface area (Å²) in [5, 5.41) is 0. The smallest absolute Gasteiger partial charge is 0.210 e. The zero-order valence-corrected chi connectivity index (χ0v) is 6.46. The van der Waals surface area contributed by atoms with E-state index in [-0.39, 0.29) is 5.82 Å². The molecule has 3 heteroatoms. The third-order valence-corrected chi connectivity index (χ3v) is 2.06. The summed E-state index contributed by atoms with van der Waals surface area (Å²) in [7, 11) is 0. The molecule has 0 unspecified atom stereocenters. The van der Waals surface area contributed by atoms with Crippen LogP contribution in [0.5, 0.6) is 0 Å². The van der Waals surface area contributed by atoms with Crippen LogP contribution in [-0.2, 0) is 17.9 Å². The monoisotopic (exact) mass is 165 g/mol. The van der Waals surface area contributed by atoms with Crippen molar-refractivity contribution in [1.82, 2.24) is 4.90 Å². The molecule has 0 aliphatic carbocycles. The van der Waals surface area contributed by atoms with Gasteiger partial charge in [-0.05, 0) is 23.3 Å². The fourth-order valence-corrected chi connectivity index (χ4v) is 1.46. The van der Waals surface area contributed by atoms with Crippen molar-refractivity contribution in [3.8, 4) is 0 Å². The molecule has 12 heavy (non-hydrogen) atoms. The molecule has 1 aromatic carbocycles. The second kappa shape index (κ2) is 2.59. The van der Waals surface area contributed by atoms with Gasteiger partial charge in [0, 0.05) is 13.1 Å². The summed E-state index contributed by atoms with van der Waals surface area (Å²) in [6, 6.07) is 4.64. The largest absolute Gasteiger partial charge is 0.337 e. The minimum atomic E-state index is -0.235. The maximum Gasteiger partial charge on any atom is 0.210 e. The molecule has 62 valence electrons. The van der Waals surface area contributed by atoms with Gasteiger partial charge in [0.2, 0.25) is 6.41 Å². The summed E-state index contributed by atoms with van der Waals surface area (Å²) in [6.45, 7) is 1.15. The molecule has 1 amide bonds. The van der Waals surface area contributed by atoms with E-state index in [1.165, 1.54) is 12.1 Å². The molecule has 1 heterocycles. The highest BCUT2D eigenvalue weighted by molar-refractivity contribution is 5.50. The van der Waals surface area contributed by atoms with Crippen LogP contribution >= 0.6 is 0 Å². The van der Waals surface area contributed by atoms with Gasteiger partial charge >= 0.3 is 0 Å². The van der Waals surface area contributed by atoms with Crippen LogP contribution in [0.25, 0.3) is 0 Å². The minimum absolute atomic E-state index is 0.235. The lowest BCUT2D eigenvalue weighted by Gasteiger charge is -2.04. The van der Waals surface area contributed by atoms with Gasteiger partial charge in [-0.3, -0.25) is 4.79 Å². The van der Waals surface area contributed by atoms with Gasteiger partial charge in [0.15, 0.2) is 0 Å². The van der Waals surface area contributed by atoms with E-state index in [0.717, 1.165) is 17.5 Å². The van der Waals surface area contributed by atoms with Gasteiger partial charge < -0.3 is 4.90 Å². The van der Waals surface area contributed by atoms with E-state index >= 15 is 0 Å². The van der Waals surface area contributed by atoms with Crippen LogP contribution in [0.3, 0.4) is 0 Å². The normalized spacial score (nSPS) is 14.6. The first-order valence-electron chi connectivity index (χ1n) is 3.76. The van der Waals surface area contributed by atoms with Crippen LogP contribution < -0.4 is 0 Å². The molecular weight excluding hydrogens is 157 g/mol. The second-order valence-corrected chi connectivity index (χ2v) is 2.92. The Hall–Kier alpha value is -1.38. The molecule has 0 spiro atoms. The van der Waals surface area contributed by atoms with Crippen LogP contribution in [0, 0.1) is 5.82 Å². The zero-order chi connectivity index (χ0) is 8.55. The van der Waals surface area contributed by atoms with Crippen LogP contribution in [0.2, 0.25) is 0 Å². The molecule has 0 atom stereocenters. The first-order valence-corrected chi connectivity index (χ1v) is 3.76. The van der Waals surface area contributed by atoms with Crippen LogP contribution in [0.1, 0.15) is 11.1 Å². The molecule has 0 bridgehead atoms. The van der Waals surface area contributed by atoms with E-state index < -0.39 is 0 Å². The Labute approximate surface area is 69.6 Å². The number of hydrogen-bond donors (Lipinski definition) is 0. The molecule has 1 aliphatic rings. The predicted octanol–water partition coefficient (Wildman–Crippen LogP) is 1.30. The van der Waals surface area contributed by atoms with Crippen molar-refractivity contribution in [3.05, 3.63) is 35.1 Å². The molecule has 0 saturated carbocycles. The topological polar surface area (TPSA) is 20.3 Å². The lowest BCUT2D eigenvalue weighted by atomic mass is 10.1. The average molecular weight is 165 g/mol. The van der Waals surface area contributed by atoms with Crippen LogP contribution in [-0.4, -0.2) is 11.3 Å². The Morgan fingerprint density at radius 3 is 2.83 bits per heavy atom. The lowest BCUT2D eigenvalue weighted by molar-refractivity contribution is -0.118. The Morgan fingerprint density at radius 1 is 1.33 bits per heavy atom. The van der Waals surface area contributed by atoms with Gasteiger partial charge in [-0.2, -0.15) is 0 Å². The molecule has 1 aliphatic heterocycles. The predicted molar refractivity (Wildman–Crippen MR) is 41.7 cm³/mol. The van der Waals surface area contributed by atoms with Crippen molar-refractivity contribution in [2.75, 3.05) is 0 Å². The molecule has 0 saturated heterocycles. The van der Waals surface area contributed by atoms with E-state index in [1.807, 2.05) is 0 Å². The Morgan fingerprint density at radius 2 is 2.08 bits per heavy atom. The van der Waals surface area contributed by atoms with Crippen molar-refractivity contribution in [1.29, 1.82) is 0 Å². The Balaban J connectivity index is 2.35. The number of nitrogens with zero attached hydrogens (tertiary/aromatic N) is 1. The fourth-order valence-electron chi connectivity index (χ4n) is 1.46. The number of amides is 1. The molecule has 0 N–H and O–H groups in total. The molecule has 1 aromatic rings. The minimum Gasteiger partial charge on any atom is -0.337 e. The number of benzene rings is 1. The van der Waals surface area contributed by atoms with Gasteiger partial charge in [-0.15, -0.1) is 0 Å². The van der Waals surface area contributed by atoms with Gasteiger partial charge in [-0.1, -0.05) is 6.07 Å². The van der Waals surface area contributed by atoms with Crippen molar-refractivity contribution in [2.24, 2.45) is 0 Å². The average Bonchev–Trinajstić information content (AvgIpc) is 2.46. The first kappa shape index (κ1) is 7.28. The van der Waals surface area contributed by atoms with E-state index in [0.29, 0.717) is 13.1 Å². The van der Waals surface area contributed by atoms with E-state index in [1.54, 1.807) is 11.0 Å². The second-order valence-electron chi connectivity index (χ2n) is 2.92. The summed E-state index contributed by atoms with van der Waals surface area (Å²) in [5.41, 5.74) is 1.96. The highest BCUT2D eigenvalue weighted by Gasteiger charge is 2.16. The van der Waals surface area contributed by atoms with Gasteiger partial charge in [0.05, 0.1) is 0 Å². The highest BCUT2D eigenvalue weighted by atomic mass is 19.1. The summed E-state index contributed by atoms with van der Waals surface area (Å²) in [6.07, 6.45) is 0.790. The van der Waals surface area contributed by atoms with Crippen LogP contribution in [0.4, 0.5) is 4.39 Å². The molecule has 2 nitrogen and oxygen atoms in total. The Bertz CT molecular complexity index is 324. The van der Waals surface area contributed by atoms with Crippen LogP contribution in [0.15, 0.2) is 18.2 Å². The third kappa shape index (κ3) is 1.07. The van der Waals surface area contributed by atoms with Gasteiger partial charge in [0.25, 0.3) is 0 Å². The van der Waals surface area contributed by atoms with E-state index in [9.17, 15) is 9.18 Å². The summed E-state index contributed by atoms with van der Waals surface area (Å²) >= 11 is 0. The maximum atomic E-state index is 12.7. The number of fused-ring (bicyclic) bond motifs is 1. The van der Waals surface area contributed by atoms with Crippen molar-refractivity contribution >= 4 is 6.41 Å². The summed E-state index contributed by atoms with van der Waals surface area (Å²) in [5.74, 6) is -0.235. The van der Waals surface area contributed by atoms with Gasteiger partial charge in [0.1, 0.15) is 5.82 Å². The zero-order valence-electron chi connectivity index (χ0n) is 6.46. The SMILES string of the molecule is O=CN1Cc2ccc(F)cc2C1. The standard InChI is InChI=1S/C9H8FNO/c10-9-2-1-7-4-11(6-12)5-8(7)3-9/h1-3,6H,4-5H2. The number of hydrogen-bond acceptors (Lipinski definition) is 1. The number of carbonyl (C=O) groups excluding carboxylic acids is 1. The lowest BCUT2D eigenvalue weighted by Crippen LogP contribution is -2.12. The highest BCUT2D eigenvalue weighted by Crippen LogP contribution is 2.21. The molecular formula is C9H8FNO. The van der Waals surface area contributed by atoms with Gasteiger partial charge in [-0.25, -0.2) is 4.39 Å². The number of carbonyl (C=O) groups is 1. The molecule has 0 aromatic heterocycles. The summed E-state index contributed by atoms with van der Waals surface area (Å²) in [4.78, 5) is 12.0. The quantitative estimate of drug-likeness (QED) is 0.574. The fraction of sp³-hybridized carbons (Fsp3) is 0.222. The van der Waals surface area contributed by atoms with Crippen molar-refractivity contribution < 1.29 is 9.18 Å². The molecule has 0 fully saturated rings. The van der Waals surface area contributed by atoms with Crippen molar-refractivity contribution in [2.45, 2.75) is 13.1 Å². The maximum absolute atomic E-state index is 12.7. The third-order valence-electron chi connectivity index (χ3n) is 2.06.